The smallest absolute Gasteiger partial charge is 0.285 e. The van der Waals surface area contributed by atoms with E-state index in [4.69, 9.17) is 9.11 Å². The molecule has 8 heteroatoms. The van der Waals surface area contributed by atoms with Crippen molar-refractivity contribution in [2.75, 3.05) is 0 Å². The molecule has 0 saturated carbocycles. The van der Waals surface area contributed by atoms with Gasteiger partial charge in [-0.25, -0.2) is 0 Å². The third-order valence-electron chi connectivity index (χ3n) is 2.81. The van der Waals surface area contributed by atoms with Crippen LogP contribution in [0.3, 0.4) is 0 Å². The highest BCUT2D eigenvalue weighted by Crippen LogP contribution is 2.31. The molecule has 0 aromatic heterocycles. The summed E-state index contributed by atoms with van der Waals surface area (Å²) >= 11 is 0. The van der Waals surface area contributed by atoms with Crippen LogP contribution in [0.5, 0.6) is 0 Å². The minimum Gasteiger partial charge on any atom is -0.285 e. The highest BCUT2D eigenvalue weighted by atomic mass is 32.2. The summed E-state index contributed by atoms with van der Waals surface area (Å²) in [4.78, 5) is -0.378. The molecular weight excluding hydrogens is 280 g/mol. The second-order valence-electron chi connectivity index (χ2n) is 4.44. The van der Waals surface area contributed by atoms with Crippen molar-refractivity contribution in [2.24, 2.45) is 0 Å². The van der Waals surface area contributed by atoms with Crippen LogP contribution in [0.15, 0.2) is 23.1 Å². The fourth-order valence-corrected chi connectivity index (χ4v) is 2.58. The van der Waals surface area contributed by atoms with E-state index in [0.717, 1.165) is 6.07 Å². The van der Waals surface area contributed by atoms with Gasteiger partial charge in [0.05, 0.1) is 4.90 Å². The lowest BCUT2D eigenvalue weighted by Gasteiger charge is -2.22. The van der Waals surface area contributed by atoms with E-state index < -0.39 is 25.0 Å². The number of hydrogen-bond acceptors (Lipinski definition) is 4. The van der Waals surface area contributed by atoms with E-state index >= 15 is 0 Å². The molecule has 0 fully saturated rings. The maximum atomic E-state index is 11.2. The Kier molecular flexibility index (Phi) is 3.61. The van der Waals surface area contributed by atoms with E-state index in [1.54, 1.807) is 0 Å². The minimum absolute atomic E-state index is 0.0724. The lowest BCUT2D eigenvalue weighted by atomic mass is 10.0. The summed E-state index contributed by atoms with van der Waals surface area (Å²) in [5.41, 5.74) is 0.357. The van der Waals surface area contributed by atoms with Gasteiger partial charge < -0.3 is 0 Å². The van der Waals surface area contributed by atoms with Crippen LogP contribution < -0.4 is 0 Å². The first-order valence-corrected chi connectivity index (χ1v) is 7.81. The number of benzene rings is 1. The molecule has 0 amide bonds. The molecule has 102 valence electrons. The molecule has 0 aliphatic heterocycles. The molecule has 1 aromatic rings. The molecule has 0 bridgehead atoms. The highest BCUT2D eigenvalue weighted by molar-refractivity contribution is 7.86. The van der Waals surface area contributed by atoms with Gasteiger partial charge in [-0.2, -0.15) is 16.8 Å². The first-order chi connectivity index (χ1) is 7.87. The van der Waals surface area contributed by atoms with Crippen LogP contribution in [0.2, 0.25) is 0 Å². The zero-order chi connectivity index (χ0) is 14.4. The molecule has 0 saturated heterocycles. The van der Waals surface area contributed by atoms with Gasteiger partial charge in [-0.3, -0.25) is 9.11 Å². The topological polar surface area (TPSA) is 109 Å². The molecule has 0 radical (unpaired) electrons. The standard InChI is InChI=1S/C10H14O6S2/c1-7-4-5-8(6-9(7)17(11,12)13)10(2,3)18(14,15)16/h4-6H,1-3H3,(H,11,12,13)(H,14,15,16). The van der Waals surface area contributed by atoms with Gasteiger partial charge in [0.15, 0.2) is 0 Å². The van der Waals surface area contributed by atoms with Crippen molar-refractivity contribution in [3.63, 3.8) is 0 Å². The Hall–Kier alpha value is -0.960. The van der Waals surface area contributed by atoms with Gasteiger partial charge >= 0.3 is 0 Å². The summed E-state index contributed by atoms with van der Waals surface area (Å²) in [6, 6.07) is 3.79. The number of rotatable bonds is 3. The lowest BCUT2D eigenvalue weighted by Crippen LogP contribution is -2.28. The first kappa shape index (κ1) is 15.1. The van der Waals surface area contributed by atoms with Crippen LogP contribution in [0.1, 0.15) is 25.0 Å². The quantitative estimate of drug-likeness (QED) is 0.815. The molecule has 0 atom stereocenters. The molecule has 6 nitrogen and oxygen atoms in total. The third kappa shape index (κ3) is 2.72. The summed E-state index contributed by atoms with van der Waals surface area (Å²) in [5, 5.41) is 0. The van der Waals surface area contributed by atoms with Gasteiger partial charge in [0.2, 0.25) is 0 Å². The van der Waals surface area contributed by atoms with Gasteiger partial charge in [-0.1, -0.05) is 12.1 Å². The van der Waals surface area contributed by atoms with E-state index in [1.165, 1.54) is 32.9 Å². The van der Waals surface area contributed by atoms with E-state index in [2.05, 4.69) is 0 Å². The van der Waals surface area contributed by atoms with Crippen molar-refractivity contribution in [1.29, 1.82) is 0 Å². The van der Waals surface area contributed by atoms with E-state index in [0.29, 0.717) is 0 Å². The Morgan fingerprint density at radius 1 is 1.06 bits per heavy atom. The van der Waals surface area contributed by atoms with Crippen LogP contribution in [-0.4, -0.2) is 25.9 Å². The summed E-state index contributed by atoms with van der Waals surface area (Å²) in [6.45, 7) is 3.94. The van der Waals surface area contributed by atoms with Crippen LogP contribution >= 0.6 is 0 Å². The average Bonchev–Trinajstić information content (AvgIpc) is 2.14. The average molecular weight is 294 g/mol. The molecule has 2 N–H and O–H groups in total. The summed E-state index contributed by atoms with van der Waals surface area (Å²) in [7, 11) is -8.85. The zero-order valence-corrected chi connectivity index (χ0v) is 11.7. The van der Waals surface area contributed by atoms with Crippen molar-refractivity contribution in [2.45, 2.75) is 30.4 Å². The van der Waals surface area contributed by atoms with Gasteiger partial charge in [0, 0.05) is 0 Å². The summed E-state index contributed by atoms with van der Waals surface area (Å²) in [6.07, 6.45) is 0. The van der Waals surface area contributed by atoms with Crippen molar-refractivity contribution in [3.05, 3.63) is 29.3 Å². The maximum Gasteiger partial charge on any atom is 0.294 e. The Morgan fingerprint density at radius 3 is 1.94 bits per heavy atom. The summed E-state index contributed by atoms with van der Waals surface area (Å²) in [5.74, 6) is 0. The second-order valence-corrected chi connectivity index (χ2v) is 7.80. The van der Waals surface area contributed by atoms with Crippen molar-refractivity contribution in [3.8, 4) is 0 Å². The fourth-order valence-electron chi connectivity index (χ4n) is 1.40. The first-order valence-electron chi connectivity index (χ1n) is 4.93. The molecule has 0 heterocycles. The number of aryl methyl sites for hydroxylation is 1. The Balaban J connectivity index is 3.58. The van der Waals surface area contributed by atoms with Crippen LogP contribution in [0.4, 0.5) is 0 Å². The van der Waals surface area contributed by atoms with Gasteiger partial charge in [-0.05, 0) is 38.0 Å². The molecular formula is C10H14O6S2. The van der Waals surface area contributed by atoms with E-state index in [1.807, 2.05) is 0 Å². The van der Waals surface area contributed by atoms with Gasteiger partial charge in [-0.15, -0.1) is 0 Å². The Labute approximate surface area is 106 Å². The molecule has 0 aliphatic rings. The zero-order valence-electron chi connectivity index (χ0n) is 10.1. The Morgan fingerprint density at radius 2 is 1.56 bits per heavy atom. The van der Waals surface area contributed by atoms with Crippen LogP contribution in [0, 0.1) is 6.92 Å². The molecule has 0 aliphatic carbocycles. The van der Waals surface area contributed by atoms with Gasteiger partial charge in [0.1, 0.15) is 4.75 Å². The molecule has 0 unspecified atom stereocenters. The van der Waals surface area contributed by atoms with Gasteiger partial charge in [0.25, 0.3) is 20.2 Å². The second kappa shape index (κ2) is 4.30. The van der Waals surface area contributed by atoms with Crippen LogP contribution in [0.25, 0.3) is 0 Å². The largest absolute Gasteiger partial charge is 0.294 e. The molecule has 18 heavy (non-hydrogen) atoms. The van der Waals surface area contributed by atoms with Crippen molar-refractivity contribution in [1.82, 2.24) is 0 Å². The van der Waals surface area contributed by atoms with E-state index in [-0.39, 0.29) is 16.0 Å². The predicted octanol–water partition coefficient (Wildman–Crippen LogP) is 1.36. The normalized spacial score (nSPS) is 13.6. The van der Waals surface area contributed by atoms with Crippen LogP contribution in [-0.2, 0) is 25.0 Å². The maximum absolute atomic E-state index is 11.2. The predicted molar refractivity (Wildman–Crippen MR) is 65.6 cm³/mol. The molecule has 1 aromatic carbocycles. The Bertz CT molecular complexity index is 670. The molecule has 0 spiro atoms. The lowest BCUT2D eigenvalue weighted by molar-refractivity contribution is 0.444. The minimum atomic E-state index is -4.44. The highest BCUT2D eigenvalue weighted by Gasteiger charge is 2.35. The SMILES string of the molecule is Cc1ccc(C(C)(C)S(=O)(=O)O)cc1S(=O)(=O)O. The summed E-state index contributed by atoms with van der Waals surface area (Å²) < 4.78 is 61.2. The molecule has 1 rings (SSSR count). The monoisotopic (exact) mass is 294 g/mol. The number of hydrogen-bond donors (Lipinski definition) is 2. The third-order valence-corrected chi connectivity index (χ3v) is 5.33. The van der Waals surface area contributed by atoms with Crippen molar-refractivity contribution >= 4 is 20.2 Å². The van der Waals surface area contributed by atoms with Crippen molar-refractivity contribution < 1.29 is 25.9 Å². The fraction of sp³-hybridized carbons (Fsp3) is 0.400. The van der Waals surface area contributed by atoms with E-state index in [9.17, 15) is 16.8 Å².